The quantitative estimate of drug-likeness (QED) is 0.645. The van der Waals surface area contributed by atoms with Gasteiger partial charge in [0.05, 0.1) is 0 Å². The molecule has 0 aromatic carbocycles. The third-order valence-electron chi connectivity index (χ3n) is 5.93. The number of aromatic nitrogens is 6. The molecule has 1 unspecified atom stereocenters. The van der Waals surface area contributed by atoms with Crippen LogP contribution in [-0.4, -0.2) is 55.8 Å². The molecule has 31 heavy (non-hydrogen) atoms. The fourth-order valence-corrected chi connectivity index (χ4v) is 4.20. The van der Waals surface area contributed by atoms with Crippen LogP contribution in [0.3, 0.4) is 0 Å². The summed E-state index contributed by atoms with van der Waals surface area (Å²) in [5.41, 5.74) is 2.23. The smallest absolute Gasteiger partial charge is 0.255 e. The van der Waals surface area contributed by atoms with Crippen molar-refractivity contribution in [2.24, 2.45) is 5.92 Å². The molecule has 3 aromatic heterocycles. The molecule has 5 heterocycles. The summed E-state index contributed by atoms with van der Waals surface area (Å²) in [5.74, 6) is 2.29. The first-order chi connectivity index (χ1) is 15.2. The number of rotatable bonds is 5. The first-order valence-electron chi connectivity index (χ1n) is 10.5. The molecule has 3 aromatic rings. The fraction of sp³-hybridized carbons (Fsp3) is 0.429. The number of amides is 1. The summed E-state index contributed by atoms with van der Waals surface area (Å²) in [5, 5.41) is 9.95. The van der Waals surface area contributed by atoms with Crippen molar-refractivity contribution in [3.05, 3.63) is 42.1 Å². The Morgan fingerprint density at radius 2 is 2.00 bits per heavy atom. The Bertz CT molecular complexity index is 1070. The van der Waals surface area contributed by atoms with E-state index < -0.39 is 6.04 Å². The molecular formula is C21H24N8O2. The number of nitrogens with zero attached hydrogens (tertiary/aromatic N) is 6. The maximum absolute atomic E-state index is 13.5. The van der Waals surface area contributed by atoms with Gasteiger partial charge in [-0.2, -0.15) is 5.10 Å². The monoisotopic (exact) mass is 420 g/mol. The summed E-state index contributed by atoms with van der Waals surface area (Å²) in [6.07, 6.45) is 7.67. The van der Waals surface area contributed by atoms with E-state index in [9.17, 15) is 4.79 Å². The second-order valence-corrected chi connectivity index (χ2v) is 7.85. The molecule has 0 saturated carbocycles. The van der Waals surface area contributed by atoms with Crippen LogP contribution in [-0.2, 0) is 9.53 Å². The lowest BCUT2D eigenvalue weighted by atomic mass is 9.95. The van der Waals surface area contributed by atoms with Gasteiger partial charge in [0.15, 0.2) is 17.5 Å². The van der Waals surface area contributed by atoms with Crippen molar-refractivity contribution in [2.45, 2.75) is 32.2 Å². The minimum atomic E-state index is -0.574. The number of H-pyrrole nitrogens is 1. The first-order valence-corrected chi connectivity index (χ1v) is 10.5. The molecule has 0 bridgehead atoms. The van der Waals surface area contributed by atoms with E-state index in [4.69, 9.17) is 4.74 Å². The highest BCUT2D eigenvalue weighted by molar-refractivity contribution is 6.03. The number of nitrogens with one attached hydrogen (secondary N) is 2. The summed E-state index contributed by atoms with van der Waals surface area (Å²) in [4.78, 5) is 33.0. The number of carbonyl (C=O) groups excluding carboxylic acids is 1. The maximum atomic E-state index is 13.5. The van der Waals surface area contributed by atoms with E-state index in [1.807, 2.05) is 19.1 Å². The number of ether oxygens (including phenoxy) is 1. The SMILES string of the molecule is Cc1nc(-c2ncn[nH]2)ccc1C1Nc2nccnc2N(CCC2CCOCC2)C1=O. The second-order valence-electron chi connectivity index (χ2n) is 7.85. The zero-order chi connectivity index (χ0) is 21.2. The number of aryl methyl sites for hydroxylation is 1. The summed E-state index contributed by atoms with van der Waals surface area (Å²) >= 11 is 0. The number of anilines is 2. The lowest BCUT2D eigenvalue weighted by Gasteiger charge is -2.35. The lowest BCUT2D eigenvalue weighted by molar-refractivity contribution is -0.119. The van der Waals surface area contributed by atoms with Crippen LogP contribution in [0.15, 0.2) is 30.9 Å². The van der Waals surface area contributed by atoms with Gasteiger partial charge < -0.3 is 10.1 Å². The largest absolute Gasteiger partial charge is 0.381 e. The molecular weight excluding hydrogens is 396 g/mol. The lowest BCUT2D eigenvalue weighted by Crippen LogP contribution is -2.44. The van der Waals surface area contributed by atoms with Gasteiger partial charge in [0.25, 0.3) is 5.91 Å². The van der Waals surface area contributed by atoms with E-state index in [2.05, 4.69) is 35.5 Å². The summed E-state index contributed by atoms with van der Waals surface area (Å²) < 4.78 is 5.46. The topological polar surface area (TPSA) is 122 Å². The van der Waals surface area contributed by atoms with E-state index >= 15 is 0 Å². The Morgan fingerprint density at radius 3 is 2.77 bits per heavy atom. The number of carbonyl (C=O) groups is 1. The highest BCUT2D eigenvalue weighted by Gasteiger charge is 2.36. The van der Waals surface area contributed by atoms with Gasteiger partial charge in [-0.3, -0.25) is 14.8 Å². The Morgan fingerprint density at radius 1 is 1.16 bits per heavy atom. The molecule has 160 valence electrons. The van der Waals surface area contributed by atoms with Crippen LogP contribution in [0.4, 0.5) is 11.6 Å². The zero-order valence-electron chi connectivity index (χ0n) is 17.3. The van der Waals surface area contributed by atoms with Crippen molar-refractivity contribution in [1.29, 1.82) is 0 Å². The van der Waals surface area contributed by atoms with E-state index in [0.717, 1.165) is 43.7 Å². The Labute approximate surface area is 179 Å². The highest BCUT2D eigenvalue weighted by Crippen LogP contribution is 2.35. The predicted octanol–water partition coefficient (Wildman–Crippen LogP) is 2.28. The molecule has 10 heteroatoms. The number of fused-ring (bicyclic) bond motifs is 1. The standard InChI is InChI=1S/C21H24N8O2/c1-13-15(2-3-16(26-13)18-24-12-25-28-18)17-21(30)29(9-4-14-5-10-31-11-6-14)20-19(27-17)22-7-8-23-20/h2-3,7-8,12,14,17H,4-6,9-11H2,1H3,(H,22,27)(H,24,25,28). The van der Waals surface area contributed by atoms with E-state index in [1.165, 1.54) is 6.33 Å². The molecule has 2 aliphatic heterocycles. The van der Waals surface area contributed by atoms with Crippen LogP contribution < -0.4 is 10.2 Å². The van der Waals surface area contributed by atoms with Gasteiger partial charge in [-0.15, -0.1) is 0 Å². The predicted molar refractivity (Wildman–Crippen MR) is 113 cm³/mol. The van der Waals surface area contributed by atoms with Crippen LogP contribution in [0.2, 0.25) is 0 Å². The Balaban J connectivity index is 1.42. The zero-order valence-corrected chi connectivity index (χ0v) is 17.3. The third kappa shape index (κ3) is 3.86. The maximum Gasteiger partial charge on any atom is 0.255 e. The second kappa shape index (κ2) is 8.38. The van der Waals surface area contributed by atoms with Gasteiger partial charge in [0.2, 0.25) is 0 Å². The minimum absolute atomic E-state index is 0.0441. The van der Waals surface area contributed by atoms with Crippen LogP contribution in [0, 0.1) is 12.8 Å². The summed E-state index contributed by atoms with van der Waals surface area (Å²) in [6, 6.07) is 3.18. The average molecular weight is 420 g/mol. The average Bonchev–Trinajstić information content (AvgIpc) is 3.34. The molecule has 2 aliphatic rings. The van der Waals surface area contributed by atoms with Gasteiger partial charge in [0, 0.05) is 43.4 Å². The van der Waals surface area contributed by atoms with Crippen molar-refractivity contribution in [2.75, 3.05) is 30.0 Å². The van der Waals surface area contributed by atoms with Gasteiger partial charge in [-0.25, -0.2) is 19.9 Å². The van der Waals surface area contributed by atoms with Gasteiger partial charge in [-0.1, -0.05) is 6.07 Å². The molecule has 1 saturated heterocycles. The normalized spacial score (nSPS) is 19.2. The fourth-order valence-electron chi connectivity index (χ4n) is 4.20. The number of aromatic amines is 1. The Hall–Kier alpha value is -3.40. The Kier molecular flexibility index (Phi) is 5.29. The van der Waals surface area contributed by atoms with Crippen molar-refractivity contribution in [1.82, 2.24) is 30.1 Å². The minimum Gasteiger partial charge on any atom is -0.381 e. The molecule has 10 nitrogen and oxygen atoms in total. The van der Waals surface area contributed by atoms with Crippen LogP contribution in [0.5, 0.6) is 0 Å². The molecule has 0 spiro atoms. The van der Waals surface area contributed by atoms with Gasteiger partial charge in [-0.05, 0) is 38.2 Å². The third-order valence-corrected chi connectivity index (χ3v) is 5.93. The van der Waals surface area contributed by atoms with Crippen LogP contribution in [0.1, 0.15) is 36.6 Å². The summed E-state index contributed by atoms with van der Waals surface area (Å²) in [6.45, 7) is 4.09. The van der Waals surface area contributed by atoms with E-state index in [1.54, 1.807) is 17.3 Å². The molecule has 2 N–H and O–H groups in total. The molecule has 5 rings (SSSR count). The summed E-state index contributed by atoms with van der Waals surface area (Å²) in [7, 11) is 0. The van der Waals surface area contributed by atoms with E-state index in [-0.39, 0.29) is 5.91 Å². The molecule has 0 aliphatic carbocycles. The van der Waals surface area contributed by atoms with Crippen molar-refractivity contribution < 1.29 is 9.53 Å². The molecule has 1 amide bonds. The van der Waals surface area contributed by atoms with Gasteiger partial charge in [0.1, 0.15) is 18.1 Å². The van der Waals surface area contributed by atoms with Crippen molar-refractivity contribution in [3.8, 4) is 11.5 Å². The van der Waals surface area contributed by atoms with Crippen LogP contribution >= 0.6 is 0 Å². The number of hydrogen-bond acceptors (Lipinski definition) is 8. The van der Waals surface area contributed by atoms with Crippen LogP contribution in [0.25, 0.3) is 11.5 Å². The van der Waals surface area contributed by atoms with Gasteiger partial charge >= 0.3 is 0 Å². The van der Waals surface area contributed by atoms with Crippen molar-refractivity contribution >= 4 is 17.5 Å². The number of pyridine rings is 1. The number of hydrogen-bond donors (Lipinski definition) is 2. The first kappa shape index (κ1) is 19.6. The van der Waals surface area contributed by atoms with Crippen molar-refractivity contribution in [3.63, 3.8) is 0 Å². The molecule has 0 radical (unpaired) electrons. The molecule has 1 atom stereocenters. The van der Waals surface area contributed by atoms with E-state index in [0.29, 0.717) is 35.6 Å². The molecule has 1 fully saturated rings. The highest BCUT2D eigenvalue weighted by atomic mass is 16.5.